The molecule has 2 aromatic heterocycles. The molecule has 1 saturated heterocycles. The molecule has 0 spiro atoms. The van der Waals surface area contributed by atoms with Gasteiger partial charge < -0.3 is 20.1 Å². The van der Waals surface area contributed by atoms with E-state index >= 15 is 0 Å². The second-order valence-corrected chi connectivity index (χ2v) is 9.01. The van der Waals surface area contributed by atoms with Crippen LogP contribution in [0.15, 0.2) is 48.8 Å². The topological polar surface area (TPSA) is 84.4 Å². The number of fused-ring (bicyclic) bond motifs is 1. The first-order valence-electron chi connectivity index (χ1n) is 10.8. The average Bonchev–Trinajstić information content (AvgIpc) is 3.27. The molecule has 34 heavy (non-hydrogen) atoms. The van der Waals surface area contributed by atoms with Gasteiger partial charge >= 0.3 is 0 Å². The Hall–Kier alpha value is -3.05. The molecule has 0 saturated carbocycles. The highest BCUT2D eigenvalue weighted by atomic mass is 35.5. The zero-order valence-corrected chi connectivity index (χ0v) is 19.7. The first kappa shape index (κ1) is 22.7. The van der Waals surface area contributed by atoms with Gasteiger partial charge in [0.15, 0.2) is 16.6 Å². The minimum atomic E-state index is -0.474. The summed E-state index contributed by atoms with van der Waals surface area (Å²) in [6.45, 7) is 5.00. The maximum atomic E-state index is 13.4. The quantitative estimate of drug-likeness (QED) is 0.346. The van der Waals surface area contributed by atoms with Gasteiger partial charge in [0.25, 0.3) is 0 Å². The van der Waals surface area contributed by atoms with Crippen LogP contribution in [0.1, 0.15) is 0 Å². The molecule has 2 N–H and O–H groups in total. The van der Waals surface area contributed by atoms with Crippen molar-refractivity contribution in [2.75, 3.05) is 50.1 Å². The number of halogens is 2. The second kappa shape index (κ2) is 10.5. The van der Waals surface area contributed by atoms with Gasteiger partial charge in [0.1, 0.15) is 29.2 Å². The molecular formula is C23H22ClFN6O2S. The fraction of sp³-hybridized carbons (Fsp3) is 0.261. The summed E-state index contributed by atoms with van der Waals surface area (Å²) >= 11 is 7.30. The van der Waals surface area contributed by atoms with E-state index < -0.39 is 5.82 Å². The van der Waals surface area contributed by atoms with Crippen molar-refractivity contribution in [1.29, 1.82) is 0 Å². The smallest absolute Gasteiger partial charge is 0.189 e. The van der Waals surface area contributed by atoms with Crippen molar-refractivity contribution in [1.82, 2.24) is 19.9 Å². The zero-order valence-electron chi connectivity index (χ0n) is 18.1. The SMILES string of the molecule is Fc1ccc(Nc2ncnc3nc(Nc4ccc(OCCN5CCOCC5)cc4)sc23)cc1Cl. The number of anilines is 4. The summed E-state index contributed by atoms with van der Waals surface area (Å²) in [4.78, 5) is 15.4. The maximum absolute atomic E-state index is 13.4. The van der Waals surface area contributed by atoms with E-state index in [1.807, 2.05) is 24.3 Å². The summed E-state index contributed by atoms with van der Waals surface area (Å²) in [7, 11) is 0. The molecule has 0 radical (unpaired) electrons. The van der Waals surface area contributed by atoms with Crippen LogP contribution in [-0.4, -0.2) is 59.3 Å². The number of hydrogen-bond acceptors (Lipinski definition) is 9. The Morgan fingerprint density at radius 1 is 1.06 bits per heavy atom. The van der Waals surface area contributed by atoms with E-state index in [4.69, 9.17) is 21.1 Å². The lowest BCUT2D eigenvalue weighted by atomic mass is 10.3. The lowest BCUT2D eigenvalue weighted by Crippen LogP contribution is -2.38. The summed E-state index contributed by atoms with van der Waals surface area (Å²) in [5.41, 5.74) is 2.06. The predicted octanol–water partition coefficient (Wildman–Crippen LogP) is 5.08. The Morgan fingerprint density at radius 2 is 1.85 bits per heavy atom. The highest BCUT2D eigenvalue weighted by Crippen LogP contribution is 2.33. The van der Waals surface area contributed by atoms with Gasteiger partial charge in [-0.25, -0.2) is 14.4 Å². The number of aromatic nitrogens is 3. The fourth-order valence-electron chi connectivity index (χ4n) is 3.48. The Labute approximate surface area is 204 Å². The van der Waals surface area contributed by atoms with Crippen molar-refractivity contribution >= 4 is 55.6 Å². The normalized spacial score (nSPS) is 14.3. The van der Waals surface area contributed by atoms with E-state index in [0.29, 0.717) is 28.9 Å². The van der Waals surface area contributed by atoms with Crippen LogP contribution in [-0.2, 0) is 4.74 Å². The minimum Gasteiger partial charge on any atom is -0.492 e. The van der Waals surface area contributed by atoms with Crippen LogP contribution in [0.25, 0.3) is 10.3 Å². The van der Waals surface area contributed by atoms with Gasteiger partial charge in [0.05, 0.1) is 18.2 Å². The highest BCUT2D eigenvalue weighted by molar-refractivity contribution is 7.22. The highest BCUT2D eigenvalue weighted by Gasteiger charge is 2.13. The van der Waals surface area contributed by atoms with E-state index in [-0.39, 0.29) is 5.02 Å². The molecule has 1 fully saturated rings. The molecule has 0 aliphatic carbocycles. The standard InChI is InChI=1S/C23H22ClFN6O2S/c24-18-13-16(3-6-19(18)25)28-21-20-22(27-14-26-21)30-23(34-20)29-15-1-4-17(5-2-15)33-12-9-31-7-10-32-11-8-31/h1-6,13-14H,7-12H2,(H2,26,27,28,29,30). The Balaban J connectivity index is 1.22. The van der Waals surface area contributed by atoms with Crippen LogP contribution in [0, 0.1) is 5.82 Å². The number of thiazole rings is 1. The van der Waals surface area contributed by atoms with Crippen LogP contribution in [0.3, 0.4) is 0 Å². The number of rotatable bonds is 8. The van der Waals surface area contributed by atoms with Gasteiger partial charge in [-0.2, -0.15) is 4.98 Å². The Morgan fingerprint density at radius 3 is 2.65 bits per heavy atom. The van der Waals surface area contributed by atoms with Crippen molar-refractivity contribution in [2.24, 2.45) is 0 Å². The number of nitrogens with zero attached hydrogens (tertiary/aromatic N) is 4. The van der Waals surface area contributed by atoms with Crippen LogP contribution >= 0.6 is 22.9 Å². The van der Waals surface area contributed by atoms with Crippen molar-refractivity contribution in [2.45, 2.75) is 0 Å². The summed E-state index contributed by atoms with van der Waals surface area (Å²) in [5, 5.41) is 7.17. The van der Waals surface area contributed by atoms with Crippen molar-refractivity contribution in [3.8, 4) is 5.75 Å². The number of hydrogen-bond donors (Lipinski definition) is 2. The first-order chi connectivity index (χ1) is 16.6. The Bertz CT molecular complexity index is 1270. The monoisotopic (exact) mass is 500 g/mol. The van der Waals surface area contributed by atoms with Gasteiger partial charge in [0.2, 0.25) is 0 Å². The molecule has 11 heteroatoms. The number of morpholine rings is 1. The molecular weight excluding hydrogens is 479 g/mol. The summed E-state index contributed by atoms with van der Waals surface area (Å²) in [6.07, 6.45) is 1.43. The molecule has 2 aromatic carbocycles. The van der Waals surface area contributed by atoms with Crippen LogP contribution in [0.4, 0.5) is 26.7 Å². The first-order valence-corrected chi connectivity index (χ1v) is 12.0. The number of benzene rings is 2. The van der Waals surface area contributed by atoms with Gasteiger partial charge in [-0.3, -0.25) is 4.90 Å². The van der Waals surface area contributed by atoms with Crippen LogP contribution < -0.4 is 15.4 Å². The Kier molecular flexibility index (Phi) is 7.00. The summed E-state index contributed by atoms with van der Waals surface area (Å²) in [6, 6.07) is 12.2. The second-order valence-electron chi connectivity index (χ2n) is 7.60. The molecule has 176 valence electrons. The van der Waals surface area contributed by atoms with Gasteiger partial charge in [-0.15, -0.1) is 0 Å². The maximum Gasteiger partial charge on any atom is 0.189 e. The van der Waals surface area contributed by atoms with Crippen molar-refractivity contribution < 1.29 is 13.9 Å². The van der Waals surface area contributed by atoms with Crippen molar-refractivity contribution in [3.05, 3.63) is 59.6 Å². The molecule has 5 rings (SSSR count). The third-order valence-electron chi connectivity index (χ3n) is 5.26. The molecule has 1 aliphatic rings. The molecule has 0 atom stereocenters. The van der Waals surface area contributed by atoms with Gasteiger partial charge in [-0.1, -0.05) is 22.9 Å². The lowest BCUT2D eigenvalue weighted by Gasteiger charge is -2.26. The number of ether oxygens (including phenoxy) is 2. The molecule has 4 aromatic rings. The van der Waals surface area contributed by atoms with E-state index in [0.717, 1.165) is 49.0 Å². The van der Waals surface area contributed by atoms with Crippen LogP contribution in [0.5, 0.6) is 5.75 Å². The van der Waals surface area contributed by atoms with Crippen LogP contribution in [0.2, 0.25) is 5.02 Å². The third kappa shape index (κ3) is 5.53. The van der Waals surface area contributed by atoms with Gasteiger partial charge in [-0.05, 0) is 42.5 Å². The minimum absolute atomic E-state index is 0.0375. The van der Waals surface area contributed by atoms with E-state index in [1.165, 1.54) is 29.8 Å². The predicted molar refractivity (Wildman–Crippen MR) is 132 cm³/mol. The summed E-state index contributed by atoms with van der Waals surface area (Å²) in [5.74, 6) is 0.915. The number of nitrogens with one attached hydrogen (secondary N) is 2. The lowest BCUT2D eigenvalue weighted by molar-refractivity contribution is 0.0322. The molecule has 3 heterocycles. The largest absolute Gasteiger partial charge is 0.492 e. The fourth-order valence-corrected chi connectivity index (χ4v) is 4.55. The molecule has 1 aliphatic heterocycles. The average molecular weight is 501 g/mol. The summed E-state index contributed by atoms with van der Waals surface area (Å²) < 4.78 is 25.5. The van der Waals surface area contributed by atoms with E-state index in [2.05, 4.69) is 30.5 Å². The zero-order chi connectivity index (χ0) is 23.3. The molecule has 0 unspecified atom stereocenters. The van der Waals surface area contributed by atoms with E-state index in [9.17, 15) is 4.39 Å². The van der Waals surface area contributed by atoms with E-state index in [1.54, 1.807) is 6.07 Å². The third-order valence-corrected chi connectivity index (χ3v) is 6.52. The van der Waals surface area contributed by atoms with Crippen molar-refractivity contribution in [3.63, 3.8) is 0 Å². The molecule has 8 nitrogen and oxygen atoms in total. The molecule has 0 amide bonds. The van der Waals surface area contributed by atoms with Gasteiger partial charge in [0, 0.05) is 31.0 Å². The molecule has 0 bridgehead atoms.